The Bertz CT molecular complexity index is 1750. The van der Waals surface area contributed by atoms with Gasteiger partial charge >= 0.3 is 0 Å². The van der Waals surface area contributed by atoms with Gasteiger partial charge in [-0.05, 0) is 80.5 Å². The topological polar surface area (TPSA) is 92.3 Å². The summed E-state index contributed by atoms with van der Waals surface area (Å²) < 4.78 is 18.1. The highest BCUT2D eigenvalue weighted by Crippen LogP contribution is 2.36. The highest BCUT2D eigenvalue weighted by molar-refractivity contribution is 7.98. The quantitative estimate of drug-likeness (QED) is 0.169. The van der Waals surface area contributed by atoms with Crippen molar-refractivity contribution in [2.24, 2.45) is 0 Å². The zero-order valence-corrected chi connectivity index (χ0v) is 23.9. The molecule has 0 fully saturated rings. The molecule has 1 aliphatic carbocycles. The predicted molar refractivity (Wildman–Crippen MR) is 154 cm³/mol. The third kappa shape index (κ3) is 4.72. The fourth-order valence-electron chi connectivity index (χ4n) is 4.91. The summed E-state index contributed by atoms with van der Waals surface area (Å²) in [5.41, 5.74) is 4.98. The van der Waals surface area contributed by atoms with E-state index in [0.29, 0.717) is 39.7 Å². The van der Waals surface area contributed by atoms with Crippen LogP contribution >= 0.6 is 23.1 Å². The van der Waals surface area contributed by atoms with Gasteiger partial charge in [0.25, 0.3) is 5.56 Å². The highest BCUT2D eigenvalue weighted by atomic mass is 32.2. The van der Waals surface area contributed by atoms with E-state index >= 15 is 0 Å². The molecule has 0 saturated heterocycles. The van der Waals surface area contributed by atoms with Gasteiger partial charge < -0.3 is 14.0 Å². The Morgan fingerprint density at radius 3 is 2.67 bits per heavy atom. The molecule has 39 heavy (non-hydrogen) atoms. The minimum absolute atomic E-state index is 0.0145. The van der Waals surface area contributed by atoms with Crippen molar-refractivity contribution < 1.29 is 14.0 Å². The second-order valence-electron chi connectivity index (χ2n) is 9.56. The van der Waals surface area contributed by atoms with Crippen molar-refractivity contribution >= 4 is 33.3 Å². The van der Waals surface area contributed by atoms with Gasteiger partial charge in [0.2, 0.25) is 11.7 Å². The Balaban J connectivity index is 1.38. The monoisotopic (exact) mass is 560 g/mol. The maximum atomic E-state index is 14.0. The first-order valence-electron chi connectivity index (χ1n) is 12.8. The number of hydrogen-bond donors (Lipinski definition) is 0. The molecule has 0 spiro atoms. The molecule has 3 aromatic heterocycles. The fourth-order valence-corrected chi connectivity index (χ4v) is 7.06. The van der Waals surface area contributed by atoms with E-state index in [-0.39, 0.29) is 5.56 Å². The minimum atomic E-state index is -0.0145. The summed E-state index contributed by atoms with van der Waals surface area (Å²) in [6.07, 6.45) is 4.22. The van der Waals surface area contributed by atoms with Crippen LogP contribution in [-0.4, -0.2) is 33.9 Å². The van der Waals surface area contributed by atoms with E-state index in [4.69, 9.17) is 19.0 Å². The van der Waals surface area contributed by atoms with E-state index in [0.717, 1.165) is 47.2 Å². The molecule has 10 heteroatoms. The number of nitrogens with zero attached hydrogens (tertiary/aromatic N) is 4. The van der Waals surface area contributed by atoms with Crippen molar-refractivity contribution in [3.8, 4) is 28.6 Å². The van der Waals surface area contributed by atoms with Crippen LogP contribution in [0.1, 0.15) is 40.3 Å². The number of thioether (sulfide) groups is 1. The SMILES string of the molecule is COc1ccc(-c2noc(CSc3nc4sc5c(c4c(=O)n3-c3ccc(C)c(C)c3)CCCC5)n2)c(OC)c1. The molecule has 0 unspecified atom stereocenters. The number of aromatic nitrogens is 4. The molecule has 0 bridgehead atoms. The number of aryl methyl sites for hydroxylation is 4. The lowest BCUT2D eigenvalue weighted by Gasteiger charge is -2.14. The second-order valence-corrected chi connectivity index (χ2v) is 11.6. The van der Waals surface area contributed by atoms with E-state index in [1.165, 1.54) is 27.8 Å². The molecule has 6 rings (SSSR count). The van der Waals surface area contributed by atoms with E-state index < -0.39 is 0 Å². The average Bonchev–Trinajstić information content (AvgIpc) is 3.58. The largest absolute Gasteiger partial charge is 0.497 e. The van der Waals surface area contributed by atoms with Gasteiger partial charge in [0.15, 0.2) is 5.16 Å². The van der Waals surface area contributed by atoms with E-state index in [2.05, 4.69) is 24.0 Å². The summed E-state index contributed by atoms with van der Waals surface area (Å²) in [4.78, 5) is 25.8. The molecular formula is C29H28N4O4S2. The number of rotatable bonds is 7. The Hall–Kier alpha value is -3.63. The zero-order valence-electron chi connectivity index (χ0n) is 22.2. The van der Waals surface area contributed by atoms with Crippen LogP contribution in [0, 0.1) is 13.8 Å². The summed E-state index contributed by atoms with van der Waals surface area (Å²) in [6.45, 7) is 4.13. The molecule has 0 aliphatic heterocycles. The summed E-state index contributed by atoms with van der Waals surface area (Å²) in [6, 6.07) is 11.5. The van der Waals surface area contributed by atoms with Gasteiger partial charge in [0.1, 0.15) is 16.3 Å². The first-order valence-corrected chi connectivity index (χ1v) is 14.6. The summed E-state index contributed by atoms with van der Waals surface area (Å²) in [7, 11) is 3.19. The Morgan fingerprint density at radius 1 is 1.03 bits per heavy atom. The van der Waals surface area contributed by atoms with E-state index in [9.17, 15) is 4.79 Å². The van der Waals surface area contributed by atoms with Crippen molar-refractivity contribution in [3.05, 3.63) is 74.2 Å². The van der Waals surface area contributed by atoms with Crippen molar-refractivity contribution in [1.82, 2.24) is 19.7 Å². The molecule has 0 N–H and O–H groups in total. The van der Waals surface area contributed by atoms with Gasteiger partial charge in [-0.2, -0.15) is 4.98 Å². The van der Waals surface area contributed by atoms with Crippen LogP contribution in [0.2, 0.25) is 0 Å². The molecule has 5 aromatic rings. The van der Waals surface area contributed by atoms with Gasteiger partial charge in [-0.1, -0.05) is 23.0 Å². The molecule has 200 valence electrons. The van der Waals surface area contributed by atoms with Crippen LogP contribution in [-0.2, 0) is 18.6 Å². The van der Waals surface area contributed by atoms with E-state index in [1.54, 1.807) is 36.2 Å². The molecule has 0 atom stereocenters. The summed E-state index contributed by atoms with van der Waals surface area (Å²) >= 11 is 3.07. The van der Waals surface area contributed by atoms with Crippen molar-refractivity contribution in [2.45, 2.75) is 50.4 Å². The molecule has 8 nitrogen and oxygen atoms in total. The molecule has 3 heterocycles. The maximum absolute atomic E-state index is 14.0. The molecule has 2 aromatic carbocycles. The average molecular weight is 561 g/mol. The summed E-state index contributed by atoms with van der Waals surface area (Å²) in [5, 5.41) is 5.54. The van der Waals surface area contributed by atoms with Gasteiger partial charge in [0, 0.05) is 10.9 Å². The van der Waals surface area contributed by atoms with Crippen LogP contribution in [0.5, 0.6) is 11.5 Å². The first kappa shape index (κ1) is 25.6. The zero-order chi connectivity index (χ0) is 27.1. The molecule has 1 aliphatic rings. The number of methoxy groups -OCH3 is 2. The van der Waals surface area contributed by atoms with Crippen LogP contribution < -0.4 is 15.0 Å². The van der Waals surface area contributed by atoms with Crippen molar-refractivity contribution in [3.63, 3.8) is 0 Å². The third-order valence-electron chi connectivity index (χ3n) is 7.15. The fraction of sp³-hybridized carbons (Fsp3) is 0.310. The molecule has 0 amide bonds. The standard InChI is InChI=1S/C29H28N4O4S2/c1-16-9-10-18(13-17(16)2)33-28(34)25-21-7-5-6-8-23(21)39-27(25)31-29(33)38-15-24-30-26(32-37-24)20-12-11-19(35-3)14-22(20)36-4/h9-14H,5-8,15H2,1-4H3. The minimum Gasteiger partial charge on any atom is -0.497 e. The molecule has 0 saturated carbocycles. The van der Waals surface area contributed by atoms with Gasteiger partial charge in [-0.3, -0.25) is 9.36 Å². The Morgan fingerprint density at radius 2 is 1.87 bits per heavy atom. The smallest absolute Gasteiger partial charge is 0.267 e. The number of hydrogen-bond acceptors (Lipinski definition) is 9. The van der Waals surface area contributed by atoms with E-state index in [1.807, 2.05) is 30.3 Å². The van der Waals surface area contributed by atoms with Crippen LogP contribution in [0.4, 0.5) is 0 Å². The molecule has 0 radical (unpaired) electrons. The summed E-state index contributed by atoms with van der Waals surface area (Å²) in [5.74, 6) is 2.48. The third-order valence-corrected chi connectivity index (χ3v) is 9.26. The second kappa shape index (κ2) is 10.5. The van der Waals surface area contributed by atoms with Gasteiger partial charge in [0.05, 0.1) is 36.6 Å². The molecular weight excluding hydrogens is 532 g/mol. The Kier molecular flexibility index (Phi) is 6.90. The normalized spacial score (nSPS) is 13.0. The lowest BCUT2D eigenvalue weighted by molar-refractivity contribution is 0.388. The van der Waals surface area contributed by atoms with Gasteiger partial charge in [-0.15, -0.1) is 11.3 Å². The highest BCUT2D eigenvalue weighted by Gasteiger charge is 2.24. The number of fused-ring (bicyclic) bond motifs is 3. The van der Waals surface area contributed by atoms with Crippen LogP contribution in [0.25, 0.3) is 27.3 Å². The van der Waals surface area contributed by atoms with Crippen LogP contribution in [0.3, 0.4) is 0 Å². The maximum Gasteiger partial charge on any atom is 0.267 e. The van der Waals surface area contributed by atoms with Crippen LogP contribution in [0.15, 0.2) is 50.9 Å². The Labute approximate surface area is 234 Å². The van der Waals surface area contributed by atoms with Gasteiger partial charge in [-0.25, -0.2) is 4.98 Å². The number of thiophene rings is 1. The van der Waals surface area contributed by atoms with Crippen molar-refractivity contribution in [2.75, 3.05) is 14.2 Å². The predicted octanol–water partition coefficient (Wildman–Crippen LogP) is 6.30. The number of ether oxygens (including phenoxy) is 2. The number of benzene rings is 2. The lowest BCUT2D eigenvalue weighted by atomic mass is 9.97. The van der Waals surface area contributed by atoms with Crippen molar-refractivity contribution in [1.29, 1.82) is 0 Å². The lowest BCUT2D eigenvalue weighted by Crippen LogP contribution is -2.22. The first-order chi connectivity index (χ1) is 19.0.